The molecule has 1 saturated heterocycles. The van der Waals surface area contributed by atoms with Crippen molar-refractivity contribution in [1.82, 2.24) is 4.90 Å². The molecule has 4 atom stereocenters. The number of benzene rings is 1. The summed E-state index contributed by atoms with van der Waals surface area (Å²) >= 11 is 0. The van der Waals surface area contributed by atoms with E-state index in [2.05, 4.69) is 17.9 Å². The summed E-state index contributed by atoms with van der Waals surface area (Å²) < 4.78 is 23.2. The summed E-state index contributed by atoms with van der Waals surface area (Å²) in [5, 5.41) is 32.7. The number of carboxylic acid groups (broad SMARTS) is 1. The highest BCUT2D eigenvalue weighted by Crippen LogP contribution is 2.59. The van der Waals surface area contributed by atoms with Gasteiger partial charge in [0.15, 0.2) is 17.6 Å². The molecule has 1 aromatic rings. The Hall–Kier alpha value is -2.82. The van der Waals surface area contributed by atoms with Crippen LogP contribution in [0, 0.1) is 0 Å². The van der Waals surface area contributed by atoms with Crippen LogP contribution < -0.4 is 14.6 Å². The van der Waals surface area contributed by atoms with E-state index >= 15 is 0 Å². The third-order valence-corrected chi connectivity index (χ3v) is 8.87. The van der Waals surface area contributed by atoms with Crippen LogP contribution in [-0.2, 0) is 30.9 Å². The van der Waals surface area contributed by atoms with E-state index in [4.69, 9.17) is 18.9 Å². The maximum Gasteiger partial charge on any atom is 0.309 e. The van der Waals surface area contributed by atoms with Gasteiger partial charge in [0, 0.05) is 6.54 Å². The summed E-state index contributed by atoms with van der Waals surface area (Å²) in [5.74, 6) is -0.896. The van der Waals surface area contributed by atoms with Crippen molar-refractivity contribution in [1.29, 1.82) is 0 Å². The fourth-order valence-corrected chi connectivity index (χ4v) is 6.77. The lowest BCUT2D eigenvalue weighted by Crippen LogP contribution is -2.59. The Labute approximate surface area is 222 Å². The normalized spacial score (nSPS) is 29.4. The van der Waals surface area contributed by atoms with Crippen molar-refractivity contribution in [3.05, 3.63) is 35.1 Å². The zero-order valence-corrected chi connectivity index (χ0v) is 22.4. The first-order chi connectivity index (χ1) is 17.8. The number of rotatable bonds is 8. The van der Waals surface area contributed by atoms with Crippen LogP contribution in [0.15, 0.2) is 24.0 Å². The predicted molar refractivity (Wildman–Crippen MR) is 132 cm³/mol. The molecule has 3 aliphatic heterocycles. The summed E-state index contributed by atoms with van der Waals surface area (Å²) in [5.41, 5.74) is -2.97. The maximum atomic E-state index is 13.3. The molecule has 38 heavy (non-hydrogen) atoms. The average molecular weight is 531 g/mol. The van der Waals surface area contributed by atoms with Gasteiger partial charge in [-0.05, 0) is 88.8 Å². The Morgan fingerprint density at radius 1 is 1.18 bits per heavy atom. The Morgan fingerprint density at radius 3 is 2.55 bits per heavy atom. The molecule has 1 aromatic carbocycles. The molecule has 3 heterocycles. The fourth-order valence-electron chi connectivity index (χ4n) is 6.77. The second kappa shape index (κ2) is 9.14. The smallest absolute Gasteiger partial charge is 0.309 e. The number of nitrogens with zero attached hydrogens (tertiary/aromatic N) is 1. The molecule has 5 rings (SSSR count). The van der Waals surface area contributed by atoms with Gasteiger partial charge in [0.2, 0.25) is 6.79 Å². The minimum Gasteiger partial charge on any atom is -0.547 e. The molecule has 1 fully saturated rings. The van der Waals surface area contributed by atoms with Crippen LogP contribution in [0.2, 0.25) is 0 Å². The summed E-state index contributed by atoms with van der Waals surface area (Å²) in [4.78, 5) is 27.6. The number of fused-ring (bicyclic) bond motifs is 3. The van der Waals surface area contributed by atoms with Crippen LogP contribution in [0.3, 0.4) is 0 Å². The number of aliphatic carboxylic acids is 1. The van der Waals surface area contributed by atoms with Crippen LogP contribution in [-0.4, -0.2) is 76.9 Å². The van der Waals surface area contributed by atoms with E-state index in [-0.39, 0.29) is 19.6 Å². The Morgan fingerprint density at radius 2 is 1.89 bits per heavy atom. The first-order valence-electron chi connectivity index (χ1n) is 13.1. The van der Waals surface area contributed by atoms with Gasteiger partial charge in [-0.25, -0.2) is 0 Å². The Balaban J connectivity index is 1.52. The third-order valence-electron chi connectivity index (χ3n) is 8.87. The molecule has 0 amide bonds. The number of aliphatic hydroxyl groups is 2. The van der Waals surface area contributed by atoms with Crippen molar-refractivity contribution in [2.45, 2.75) is 87.6 Å². The van der Waals surface area contributed by atoms with Gasteiger partial charge >= 0.3 is 5.97 Å². The SMILES string of the molecule is COC1=C[C@]23CCCN2CCc2cc4c(cc2[C@]3(C)[C@@H]1OC(=O)C[C@](O)(CCC(C)(C)O)C(=O)[O-])OCO4. The van der Waals surface area contributed by atoms with Crippen molar-refractivity contribution in [3.63, 3.8) is 0 Å². The number of carboxylic acids is 1. The molecule has 0 saturated carbocycles. The van der Waals surface area contributed by atoms with E-state index in [9.17, 15) is 24.9 Å². The lowest BCUT2D eigenvalue weighted by atomic mass is 9.65. The van der Waals surface area contributed by atoms with Crippen LogP contribution in [0.4, 0.5) is 0 Å². The van der Waals surface area contributed by atoms with Gasteiger partial charge in [-0.3, -0.25) is 9.69 Å². The van der Waals surface area contributed by atoms with Crippen molar-refractivity contribution in [2.75, 3.05) is 27.0 Å². The average Bonchev–Trinajstić information content (AvgIpc) is 3.52. The van der Waals surface area contributed by atoms with Gasteiger partial charge in [0.05, 0.1) is 36.1 Å². The minimum absolute atomic E-state index is 0.0479. The molecule has 0 radical (unpaired) electrons. The molecule has 10 heteroatoms. The highest BCUT2D eigenvalue weighted by molar-refractivity contribution is 5.83. The Bertz CT molecular complexity index is 1170. The zero-order chi connectivity index (χ0) is 27.5. The second-order valence-corrected chi connectivity index (χ2v) is 11.8. The zero-order valence-electron chi connectivity index (χ0n) is 22.4. The van der Waals surface area contributed by atoms with E-state index < -0.39 is 46.6 Å². The number of methoxy groups -OCH3 is 1. The van der Waals surface area contributed by atoms with Gasteiger partial charge < -0.3 is 39.1 Å². The molecule has 4 aliphatic rings. The number of carbonyl (C=O) groups is 2. The number of carbonyl (C=O) groups excluding carboxylic acids is 2. The van der Waals surface area contributed by atoms with E-state index in [1.54, 1.807) is 0 Å². The predicted octanol–water partition coefficient (Wildman–Crippen LogP) is 0.942. The quantitative estimate of drug-likeness (QED) is 0.467. The van der Waals surface area contributed by atoms with E-state index in [1.807, 2.05) is 12.1 Å². The van der Waals surface area contributed by atoms with Gasteiger partial charge in [0.1, 0.15) is 11.4 Å². The number of hydrogen-bond acceptors (Lipinski definition) is 10. The molecule has 0 unspecified atom stereocenters. The molecular weight excluding hydrogens is 494 g/mol. The molecule has 208 valence electrons. The minimum atomic E-state index is -2.49. The van der Waals surface area contributed by atoms with Crippen molar-refractivity contribution in [2.24, 2.45) is 0 Å². The largest absolute Gasteiger partial charge is 0.547 e. The van der Waals surface area contributed by atoms with Crippen LogP contribution in [0.25, 0.3) is 0 Å². The van der Waals surface area contributed by atoms with Gasteiger partial charge in [-0.15, -0.1) is 0 Å². The molecule has 0 bridgehead atoms. The fraction of sp³-hybridized carbons (Fsp3) is 0.643. The van der Waals surface area contributed by atoms with E-state index in [1.165, 1.54) is 21.0 Å². The van der Waals surface area contributed by atoms with Crippen LogP contribution >= 0.6 is 0 Å². The molecule has 10 nitrogen and oxygen atoms in total. The number of hydrogen-bond donors (Lipinski definition) is 2. The summed E-state index contributed by atoms with van der Waals surface area (Å²) in [7, 11) is 1.53. The van der Waals surface area contributed by atoms with E-state index in [0.29, 0.717) is 17.3 Å². The van der Waals surface area contributed by atoms with Gasteiger partial charge in [0.25, 0.3) is 0 Å². The topological polar surface area (TPSA) is 138 Å². The first-order valence-corrected chi connectivity index (χ1v) is 13.1. The van der Waals surface area contributed by atoms with E-state index in [0.717, 1.165) is 43.5 Å². The van der Waals surface area contributed by atoms with Crippen molar-refractivity contribution in [3.8, 4) is 11.5 Å². The first kappa shape index (κ1) is 26.8. The van der Waals surface area contributed by atoms with Gasteiger partial charge in [-0.2, -0.15) is 0 Å². The summed E-state index contributed by atoms with van der Waals surface area (Å²) in [6.07, 6.45) is 2.51. The lowest BCUT2D eigenvalue weighted by Gasteiger charge is -2.47. The van der Waals surface area contributed by atoms with Gasteiger partial charge in [-0.1, -0.05) is 0 Å². The maximum absolute atomic E-state index is 13.3. The molecule has 1 spiro atoms. The standard InChI is InChI=1S/C28H37NO9/c1-25(2,33)8-9-27(34,24(31)32)15-22(30)38-23-21(35-4)14-28-7-5-10-29(28)11-6-17-12-19-20(37-16-36-19)13-18(17)26(23,28)3/h12-14,23,33-34H,5-11,15-16H2,1-4H3,(H,31,32)/p-1/t23-,26-,27-,28+/m1/s1. The number of esters is 1. The second-order valence-electron chi connectivity index (χ2n) is 11.8. The van der Waals surface area contributed by atoms with Crippen molar-refractivity contribution >= 4 is 11.9 Å². The summed E-state index contributed by atoms with van der Waals surface area (Å²) in [6.45, 7) is 6.87. The lowest BCUT2D eigenvalue weighted by molar-refractivity contribution is -0.326. The highest BCUT2D eigenvalue weighted by atomic mass is 16.7. The van der Waals surface area contributed by atoms with Crippen LogP contribution in [0.5, 0.6) is 11.5 Å². The molecule has 2 N–H and O–H groups in total. The Kier molecular flexibility index (Phi) is 6.44. The third kappa shape index (κ3) is 4.13. The molecule has 0 aromatic heterocycles. The monoisotopic (exact) mass is 530 g/mol. The number of ether oxygens (including phenoxy) is 4. The molecule has 1 aliphatic carbocycles. The molecular formula is C28H36NO9-. The van der Waals surface area contributed by atoms with Crippen molar-refractivity contribution < 1.29 is 43.9 Å². The summed E-state index contributed by atoms with van der Waals surface area (Å²) in [6, 6.07) is 3.96. The highest BCUT2D eigenvalue weighted by Gasteiger charge is 2.66. The van der Waals surface area contributed by atoms with Crippen LogP contribution in [0.1, 0.15) is 64.0 Å².